The number of thiazole rings is 1. The molecule has 33 heavy (non-hydrogen) atoms. The Morgan fingerprint density at radius 1 is 0.970 bits per heavy atom. The highest BCUT2D eigenvalue weighted by atomic mass is 32.1. The number of para-hydroxylation sites is 2. The molecule has 4 aromatic rings. The molecule has 5 nitrogen and oxygen atoms in total. The normalized spacial score (nSPS) is 13.0. The minimum absolute atomic E-state index is 0.0217. The number of aromatic nitrogens is 1. The molecule has 0 fully saturated rings. The first kappa shape index (κ1) is 21.6. The number of fused-ring (bicyclic) bond motifs is 3. The number of rotatable bonds is 5. The van der Waals surface area contributed by atoms with E-state index in [9.17, 15) is 4.79 Å². The van der Waals surface area contributed by atoms with Crippen LogP contribution >= 0.6 is 11.3 Å². The van der Waals surface area contributed by atoms with Crippen LogP contribution in [0.25, 0.3) is 10.2 Å². The van der Waals surface area contributed by atoms with E-state index in [2.05, 4.69) is 30.9 Å². The zero-order valence-corrected chi connectivity index (χ0v) is 20.1. The second-order valence-electron chi connectivity index (χ2n) is 8.83. The Balaban J connectivity index is 1.63. The molecule has 0 spiro atoms. The number of carbonyl (C=O) groups excluding carboxylic acids is 1. The van der Waals surface area contributed by atoms with Crippen molar-refractivity contribution in [3.8, 4) is 11.5 Å². The topological polar surface area (TPSA) is 45.7 Å². The molecule has 1 amide bonds. The van der Waals surface area contributed by atoms with E-state index in [4.69, 9.17) is 9.72 Å². The summed E-state index contributed by atoms with van der Waals surface area (Å²) in [6.45, 7) is 5.48. The number of carbonyl (C=O) groups is 1. The number of aryl methyl sites for hydroxylation is 2. The van der Waals surface area contributed by atoms with E-state index in [0.29, 0.717) is 6.54 Å². The van der Waals surface area contributed by atoms with Gasteiger partial charge in [0.25, 0.3) is 0 Å². The van der Waals surface area contributed by atoms with Crippen molar-refractivity contribution in [2.45, 2.75) is 19.8 Å². The first-order valence-electron chi connectivity index (χ1n) is 11.1. The third-order valence-electron chi connectivity index (χ3n) is 6.01. The van der Waals surface area contributed by atoms with Gasteiger partial charge in [0, 0.05) is 24.2 Å². The summed E-state index contributed by atoms with van der Waals surface area (Å²) in [6.07, 6.45) is 0. The van der Waals surface area contributed by atoms with Crippen molar-refractivity contribution in [1.82, 2.24) is 9.88 Å². The van der Waals surface area contributed by atoms with Gasteiger partial charge in [-0.1, -0.05) is 53.8 Å². The summed E-state index contributed by atoms with van der Waals surface area (Å²) >= 11 is 1.58. The number of likely N-dealkylation sites (N-methyl/N-ethyl adjacent to an activating group) is 1. The molecule has 0 N–H and O–H groups in total. The van der Waals surface area contributed by atoms with E-state index in [1.807, 2.05) is 67.5 Å². The van der Waals surface area contributed by atoms with Crippen molar-refractivity contribution >= 4 is 32.6 Å². The van der Waals surface area contributed by atoms with E-state index in [0.717, 1.165) is 50.1 Å². The molecule has 0 unspecified atom stereocenters. The van der Waals surface area contributed by atoms with Gasteiger partial charge in [-0.15, -0.1) is 0 Å². The van der Waals surface area contributed by atoms with Crippen molar-refractivity contribution in [2.75, 3.05) is 32.1 Å². The highest BCUT2D eigenvalue weighted by Crippen LogP contribution is 2.45. The quantitative estimate of drug-likeness (QED) is 0.383. The number of hydrogen-bond acceptors (Lipinski definition) is 5. The van der Waals surface area contributed by atoms with Gasteiger partial charge in [-0.3, -0.25) is 9.69 Å². The van der Waals surface area contributed by atoms with Crippen LogP contribution in [0.15, 0.2) is 60.7 Å². The third-order valence-corrected chi connectivity index (χ3v) is 7.04. The van der Waals surface area contributed by atoms with Crippen LogP contribution in [0.1, 0.15) is 28.2 Å². The van der Waals surface area contributed by atoms with Gasteiger partial charge in [0.1, 0.15) is 11.5 Å². The molecule has 168 valence electrons. The highest BCUT2D eigenvalue weighted by molar-refractivity contribution is 7.22. The number of ether oxygens (including phenoxy) is 1. The van der Waals surface area contributed by atoms with Crippen molar-refractivity contribution < 1.29 is 9.53 Å². The van der Waals surface area contributed by atoms with Crippen LogP contribution in [0, 0.1) is 13.8 Å². The lowest BCUT2D eigenvalue weighted by atomic mass is 9.87. The Hall–Kier alpha value is -3.22. The lowest BCUT2D eigenvalue weighted by molar-refractivity contribution is -0.119. The molecular weight excluding hydrogens is 430 g/mol. The zero-order chi connectivity index (χ0) is 23.1. The predicted molar refractivity (Wildman–Crippen MR) is 135 cm³/mol. The second kappa shape index (κ2) is 8.61. The van der Waals surface area contributed by atoms with Crippen molar-refractivity contribution in [3.63, 3.8) is 0 Å². The molecule has 6 heteroatoms. The third kappa shape index (κ3) is 4.01. The van der Waals surface area contributed by atoms with Gasteiger partial charge in [-0.05, 0) is 57.3 Å². The van der Waals surface area contributed by atoms with Gasteiger partial charge in [0.05, 0.1) is 16.1 Å². The Morgan fingerprint density at radius 3 is 2.24 bits per heavy atom. The van der Waals surface area contributed by atoms with Gasteiger partial charge < -0.3 is 9.64 Å². The molecule has 0 aliphatic carbocycles. The molecule has 0 saturated carbocycles. The maximum absolute atomic E-state index is 14.3. The first-order chi connectivity index (χ1) is 15.9. The fourth-order valence-electron chi connectivity index (χ4n) is 4.41. The van der Waals surface area contributed by atoms with Crippen LogP contribution in [0.4, 0.5) is 5.13 Å². The van der Waals surface area contributed by atoms with E-state index in [1.54, 1.807) is 11.3 Å². The molecule has 5 rings (SSSR count). The minimum atomic E-state index is -0.442. The van der Waals surface area contributed by atoms with Gasteiger partial charge >= 0.3 is 0 Å². The molecule has 0 radical (unpaired) electrons. The smallest absolute Gasteiger partial charge is 0.241 e. The van der Waals surface area contributed by atoms with Gasteiger partial charge in [0.15, 0.2) is 5.13 Å². The molecule has 0 bridgehead atoms. The summed E-state index contributed by atoms with van der Waals surface area (Å²) < 4.78 is 7.24. The van der Waals surface area contributed by atoms with Crippen LogP contribution in [0.2, 0.25) is 0 Å². The predicted octanol–water partition coefficient (Wildman–Crippen LogP) is 5.75. The second-order valence-corrected chi connectivity index (χ2v) is 9.84. The lowest BCUT2D eigenvalue weighted by Crippen LogP contribution is -2.40. The van der Waals surface area contributed by atoms with Gasteiger partial charge in [-0.2, -0.15) is 0 Å². The number of benzene rings is 3. The van der Waals surface area contributed by atoms with Crippen LogP contribution in [-0.2, 0) is 4.79 Å². The highest BCUT2D eigenvalue weighted by Gasteiger charge is 2.36. The summed E-state index contributed by atoms with van der Waals surface area (Å²) in [5.74, 6) is 1.05. The number of anilines is 1. The summed E-state index contributed by atoms with van der Waals surface area (Å²) in [5, 5.41) is 0.743. The number of nitrogens with zero attached hydrogens (tertiary/aromatic N) is 3. The summed E-state index contributed by atoms with van der Waals surface area (Å²) in [7, 11) is 4.04. The lowest BCUT2D eigenvalue weighted by Gasteiger charge is -2.31. The Bertz CT molecular complexity index is 1300. The number of hydrogen-bond donors (Lipinski definition) is 0. The van der Waals surface area contributed by atoms with E-state index < -0.39 is 5.92 Å². The zero-order valence-electron chi connectivity index (χ0n) is 19.3. The minimum Gasteiger partial charge on any atom is -0.457 e. The average Bonchev–Trinajstić information content (AvgIpc) is 3.21. The monoisotopic (exact) mass is 457 g/mol. The van der Waals surface area contributed by atoms with Crippen molar-refractivity contribution in [2.24, 2.45) is 0 Å². The fourth-order valence-corrected chi connectivity index (χ4v) is 5.58. The first-order valence-corrected chi connectivity index (χ1v) is 11.9. The molecule has 0 atom stereocenters. The van der Waals surface area contributed by atoms with Gasteiger partial charge in [0.2, 0.25) is 5.91 Å². The van der Waals surface area contributed by atoms with Crippen LogP contribution < -0.4 is 9.64 Å². The standard InChI is InChI=1S/C27H27N3O2S/c1-17-15-18(2)25-23(16-17)33-27(28-25)30(14-13-29(3)4)26(31)24-19-9-5-7-11-21(19)32-22-12-8-6-10-20(22)24/h5-12,15-16,24H,13-14H2,1-4H3. The summed E-state index contributed by atoms with van der Waals surface area (Å²) in [4.78, 5) is 23.2. The van der Waals surface area contributed by atoms with Gasteiger partial charge in [-0.25, -0.2) is 4.98 Å². The van der Waals surface area contributed by atoms with Crippen LogP contribution in [-0.4, -0.2) is 43.0 Å². The Morgan fingerprint density at radius 2 is 1.61 bits per heavy atom. The molecule has 1 aliphatic heterocycles. The number of amides is 1. The van der Waals surface area contributed by atoms with E-state index in [-0.39, 0.29) is 5.91 Å². The largest absolute Gasteiger partial charge is 0.457 e. The Labute approximate surface area is 198 Å². The molecule has 1 aromatic heterocycles. The van der Waals surface area contributed by atoms with E-state index >= 15 is 0 Å². The SMILES string of the molecule is Cc1cc(C)c2nc(N(CCN(C)C)C(=O)C3c4ccccc4Oc4ccccc43)sc2c1. The molecule has 0 saturated heterocycles. The van der Waals surface area contributed by atoms with E-state index in [1.165, 1.54) is 5.56 Å². The summed E-state index contributed by atoms with van der Waals surface area (Å²) in [5.41, 5.74) is 5.09. The molecule has 2 heterocycles. The van der Waals surface area contributed by atoms with Crippen LogP contribution in [0.5, 0.6) is 11.5 Å². The van der Waals surface area contributed by atoms with Crippen molar-refractivity contribution in [1.29, 1.82) is 0 Å². The molecular formula is C27H27N3O2S. The maximum Gasteiger partial charge on any atom is 0.241 e. The van der Waals surface area contributed by atoms with Crippen molar-refractivity contribution in [3.05, 3.63) is 82.9 Å². The molecule has 3 aromatic carbocycles. The maximum atomic E-state index is 14.3. The summed E-state index contributed by atoms with van der Waals surface area (Å²) in [6, 6.07) is 19.9. The average molecular weight is 458 g/mol. The molecule has 1 aliphatic rings. The van der Waals surface area contributed by atoms with Crippen LogP contribution in [0.3, 0.4) is 0 Å². The Kier molecular flexibility index (Phi) is 5.64. The fraction of sp³-hybridized carbons (Fsp3) is 0.259.